The Morgan fingerprint density at radius 1 is 0.846 bits per heavy atom. The lowest BCUT2D eigenvalue weighted by Gasteiger charge is -2.09. The van der Waals surface area contributed by atoms with Gasteiger partial charge in [0.1, 0.15) is 0 Å². The van der Waals surface area contributed by atoms with Crippen molar-refractivity contribution < 1.29 is 18.0 Å². The predicted molar refractivity (Wildman–Crippen MR) is 100 cm³/mol. The van der Waals surface area contributed by atoms with Gasteiger partial charge in [-0.1, -0.05) is 18.2 Å². The van der Waals surface area contributed by atoms with Crippen LogP contribution in [0.15, 0.2) is 47.4 Å². The second kappa shape index (κ2) is 7.47. The molecule has 2 aromatic rings. The van der Waals surface area contributed by atoms with E-state index in [0.29, 0.717) is 13.0 Å². The van der Waals surface area contributed by atoms with Crippen molar-refractivity contribution >= 4 is 43.9 Å². The molecule has 8 heteroatoms. The van der Waals surface area contributed by atoms with Gasteiger partial charge >= 0.3 is 0 Å². The molecule has 0 atom stereocenters. The highest BCUT2D eigenvalue weighted by Gasteiger charge is 2.21. The largest absolute Gasteiger partial charge is 0.314 e. The minimum atomic E-state index is -3.68. The Hall–Kier alpha value is -2.38. The fourth-order valence-corrected chi connectivity index (χ4v) is 3.94. The van der Waals surface area contributed by atoms with Crippen LogP contribution in [0.4, 0.5) is 11.4 Å². The van der Waals surface area contributed by atoms with Crippen molar-refractivity contribution in [3.63, 3.8) is 0 Å². The van der Waals surface area contributed by atoms with Gasteiger partial charge in [-0.25, -0.2) is 8.42 Å². The summed E-state index contributed by atoms with van der Waals surface area (Å²) < 4.78 is 22.1. The highest BCUT2D eigenvalue weighted by molar-refractivity contribution is 8.13. The second-order valence-corrected chi connectivity index (χ2v) is 8.52. The molecule has 0 radical (unpaired) electrons. The van der Waals surface area contributed by atoms with Gasteiger partial charge in [0.25, 0.3) is 9.05 Å². The van der Waals surface area contributed by atoms with Gasteiger partial charge in [-0.2, -0.15) is 0 Å². The summed E-state index contributed by atoms with van der Waals surface area (Å²) in [5.74, 6) is 0. The maximum absolute atomic E-state index is 11.1. The Kier molecular flexibility index (Phi) is 5.29. The summed E-state index contributed by atoms with van der Waals surface area (Å²) >= 11 is 0. The van der Waals surface area contributed by atoms with Crippen molar-refractivity contribution in [2.75, 3.05) is 22.9 Å². The Morgan fingerprint density at radius 3 is 2.04 bits per heavy atom. The van der Waals surface area contributed by atoms with Crippen LogP contribution in [-0.4, -0.2) is 34.3 Å². The van der Waals surface area contributed by atoms with Gasteiger partial charge in [-0.05, 0) is 48.2 Å². The van der Waals surface area contributed by atoms with E-state index in [0.717, 1.165) is 42.7 Å². The number of hydrogen-bond donors (Lipinski definition) is 0. The Labute approximate surface area is 156 Å². The lowest BCUT2D eigenvalue weighted by Crippen LogP contribution is -2.17. The average molecular weight is 393 g/mol. The lowest BCUT2D eigenvalue weighted by atomic mass is 10.2. The van der Waals surface area contributed by atoms with Crippen LogP contribution in [0.1, 0.15) is 11.1 Å². The van der Waals surface area contributed by atoms with Crippen LogP contribution in [0.3, 0.4) is 0 Å². The molecule has 2 aromatic carbocycles. The summed E-state index contributed by atoms with van der Waals surface area (Å²) in [4.78, 5) is 24.5. The van der Waals surface area contributed by atoms with E-state index in [1.54, 1.807) is 15.9 Å². The first-order valence-corrected chi connectivity index (χ1v) is 10.3. The third-order valence-electron chi connectivity index (χ3n) is 4.44. The number of benzene rings is 2. The molecule has 0 aliphatic carbocycles. The highest BCUT2D eigenvalue weighted by atomic mass is 35.7. The molecule has 0 saturated heterocycles. The molecule has 0 unspecified atom stereocenters. The summed E-state index contributed by atoms with van der Waals surface area (Å²) in [5, 5.41) is 0. The van der Waals surface area contributed by atoms with Crippen LogP contribution in [-0.2, 0) is 31.5 Å². The molecule has 2 heterocycles. The van der Waals surface area contributed by atoms with Crippen molar-refractivity contribution in [1.29, 1.82) is 0 Å². The third kappa shape index (κ3) is 3.73. The number of hydrogen-bond acceptors (Lipinski definition) is 4. The van der Waals surface area contributed by atoms with Crippen LogP contribution in [0, 0.1) is 0 Å². The van der Waals surface area contributed by atoms with Crippen LogP contribution in [0.25, 0.3) is 0 Å². The number of nitrogens with zero attached hydrogens (tertiary/aromatic N) is 2. The third-order valence-corrected chi connectivity index (χ3v) is 5.79. The fraction of sp³-hybridized carbons (Fsp3) is 0.222. The zero-order valence-electron chi connectivity index (χ0n) is 13.8. The molecule has 0 N–H and O–H groups in total. The summed E-state index contributed by atoms with van der Waals surface area (Å²) in [6, 6.07) is 12.5. The average Bonchev–Trinajstić information content (AvgIpc) is 3.24. The molecular formula is C18H17ClN2O4S. The molecule has 6 nitrogen and oxygen atoms in total. The number of rotatable bonds is 3. The quantitative estimate of drug-likeness (QED) is 0.593. The maximum atomic E-state index is 11.1. The molecule has 2 aliphatic rings. The first-order valence-electron chi connectivity index (χ1n) is 8.03. The van der Waals surface area contributed by atoms with Crippen LogP contribution in [0.2, 0.25) is 0 Å². The number of carbonyl (C=O) groups is 2. The summed E-state index contributed by atoms with van der Waals surface area (Å²) in [7, 11) is 1.54. The molecule has 0 spiro atoms. The van der Waals surface area contributed by atoms with Crippen molar-refractivity contribution in [2.24, 2.45) is 0 Å². The smallest absolute Gasteiger partial charge is 0.261 e. The molecular weight excluding hydrogens is 376 g/mol. The van der Waals surface area contributed by atoms with E-state index >= 15 is 0 Å². The first kappa shape index (κ1) is 18.4. The van der Waals surface area contributed by atoms with E-state index in [1.165, 1.54) is 17.7 Å². The molecule has 0 saturated carbocycles. The van der Waals surface area contributed by atoms with Gasteiger partial charge in [0, 0.05) is 35.1 Å². The lowest BCUT2D eigenvalue weighted by molar-refractivity contribution is -0.108. The van der Waals surface area contributed by atoms with E-state index < -0.39 is 9.05 Å². The zero-order valence-corrected chi connectivity index (χ0v) is 15.4. The van der Waals surface area contributed by atoms with E-state index in [9.17, 15) is 18.0 Å². The molecule has 0 aromatic heterocycles. The number of anilines is 2. The first-order chi connectivity index (χ1) is 12.4. The normalized spacial score (nSPS) is 15.0. The van der Waals surface area contributed by atoms with Crippen LogP contribution >= 0.6 is 10.7 Å². The summed E-state index contributed by atoms with van der Waals surface area (Å²) in [5.41, 5.74) is 3.94. The van der Waals surface area contributed by atoms with E-state index in [4.69, 9.17) is 10.7 Å². The van der Waals surface area contributed by atoms with Gasteiger partial charge < -0.3 is 9.80 Å². The number of amides is 2. The molecule has 4 rings (SSSR count). The van der Waals surface area contributed by atoms with Crippen LogP contribution in [0.5, 0.6) is 0 Å². The molecule has 26 heavy (non-hydrogen) atoms. The van der Waals surface area contributed by atoms with Crippen molar-refractivity contribution in [1.82, 2.24) is 0 Å². The number of para-hydroxylation sites is 1. The summed E-state index contributed by atoms with van der Waals surface area (Å²) in [6.07, 6.45) is 3.29. The Balaban J connectivity index is 0.000000158. The van der Waals surface area contributed by atoms with E-state index in [2.05, 4.69) is 6.07 Å². The number of fused-ring (bicyclic) bond motifs is 2. The fourth-order valence-electron chi connectivity index (χ4n) is 3.14. The molecule has 0 bridgehead atoms. The summed E-state index contributed by atoms with van der Waals surface area (Å²) in [6.45, 7) is 1.42. The Morgan fingerprint density at radius 2 is 1.42 bits per heavy atom. The highest BCUT2D eigenvalue weighted by Crippen LogP contribution is 2.30. The minimum Gasteiger partial charge on any atom is -0.314 e. The molecule has 0 fully saturated rings. The van der Waals surface area contributed by atoms with Gasteiger partial charge in [0.2, 0.25) is 12.8 Å². The van der Waals surface area contributed by atoms with Gasteiger partial charge in [0.05, 0.1) is 4.90 Å². The Bertz CT molecular complexity index is 946. The van der Waals surface area contributed by atoms with Crippen molar-refractivity contribution in [3.8, 4) is 0 Å². The SMILES string of the molecule is O=CN1CCc2cc(S(=O)(=O)Cl)ccc21.O=CN1CCc2ccccc21. The standard InChI is InChI=1S/C9H8ClNO3S.C9H9NO/c10-15(13,14)8-1-2-9-7(5-8)3-4-11(9)6-12;11-7-10-6-5-8-3-1-2-4-9(8)10/h1-2,5-6H,3-4H2;1-4,7H,5-6H2. The van der Waals surface area contributed by atoms with Gasteiger partial charge in [0.15, 0.2) is 0 Å². The zero-order chi connectivity index (χ0) is 18.7. The van der Waals surface area contributed by atoms with E-state index in [-0.39, 0.29) is 4.90 Å². The van der Waals surface area contributed by atoms with E-state index in [1.807, 2.05) is 18.2 Å². The molecule has 2 aliphatic heterocycles. The predicted octanol–water partition coefficient (Wildman–Crippen LogP) is 2.34. The van der Waals surface area contributed by atoms with Crippen molar-refractivity contribution in [3.05, 3.63) is 53.6 Å². The second-order valence-electron chi connectivity index (χ2n) is 5.95. The van der Waals surface area contributed by atoms with Crippen LogP contribution < -0.4 is 9.80 Å². The molecule has 136 valence electrons. The number of halogens is 1. The number of carbonyl (C=O) groups excluding carboxylic acids is 2. The van der Waals surface area contributed by atoms with Crippen molar-refractivity contribution in [2.45, 2.75) is 17.7 Å². The topological polar surface area (TPSA) is 74.8 Å². The van der Waals surface area contributed by atoms with Gasteiger partial charge in [-0.15, -0.1) is 0 Å². The monoisotopic (exact) mass is 392 g/mol. The van der Waals surface area contributed by atoms with Gasteiger partial charge in [-0.3, -0.25) is 9.59 Å². The minimum absolute atomic E-state index is 0.0793. The molecule has 2 amide bonds. The maximum Gasteiger partial charge on any atom is 0.261 e.